The van der Waals surface area contributed by atoms with E-state index < -0.39 is 36.3 Å². The number of nitrogens with one attached hydrogen (secondary N) is 1. The highest BCUT2D eigenvalue weighted by molar-refractivity contribution is 5.99. The Bertz CT molecular complexity index is 787. The van der Waals surface area contributed by atoms with E-state index in [0.717, 1.165) is 7.11 Å². The van der Waals surface area contributed by atoms with Gasteiger partial charge in [-0.2, -0.15) is 13.2 Å². The van der Waals surface area contributed by atoms with Crippen molar-refractivity contribution < 1.29 is 32.3 Å². The third-order valence-corrected chi connectivity index (χ3v) is 3.01. The minimum Gasteiger partial charge on any atom is -0.467 e. The van der Waals surface area contributed by atoms with E-state index in [0.29, 0.717) is 0 Å². The number of aromatic nitrogens is 3. The lowest BCUT2D eigenvalue weighted by Gasteiger charge is -2.16. The van der Waals surface area contributed by atoms with Crippen molar-refractivity contribution >= 4 is 23.4 Å². The summed E-state index contributed by atoms with van der Waals surface area (Å²) >= 11 is 0. The molecule has 11 heteroatoms. The molecule has 2 heterocycles. The number of imidazole rings is 1. The molecule has 0 unspecified atom stereocenters. The zero-order chi connectivity index (χ0) is 17.9. The van der Waals surface area contributed by atoms with Gasteiger partial charge in [0.1, 0.15) is 11.7 Å². The maximum absolute atomic E-state index is 12.3. The van der Waals surface area contributed by atoms with Crippen LogP contribution in [-0.4, -0.2) is 51.4 Å². The summed E-state index contributed by atoms with van der Waals surface area (Å²) in [7, 11) is 0.928. The number of carbonyl (C=O) groups excluding carboxylic acids is 3. The summed E-state index contributed by atoms with van der Waals surface area (Å²) in [5, 5.41) is 1.44. The Labute approximate surface area is 132 Å². The van der Waals surface area contributed by atoms with E-state index in [9.17, 15) is 27.6 Å². The van der Waals surface area contributed by atoms with Gasteiger partial charge in [0.15, 0.2) is 5.78 Å². The number of hydrogen-bond acceptors (Lipinski definition) is 6. The summed E-state index contributed by atoms with van der Waals surface area (Å²) < 4.78 is 42.6. The molecule has 2 aromatic heterocycles. The van der Waals surface area contributed by atoms with Gasteiger partial charge in [0.2, 0.25) is 5.78 Å². The molecule has 0 spiro atoms. The van der Waals surface area contributed by atoms with E-state index in [4.69, 9.17) is 0 Å². The van der Waals surface area contributed by atoms with Crippen LogP contribution in [0.2, 0.25) is 0 Å². The number of alkyl halides is 3. The Balaban J connectivity index is 2.21. The lowest BCUT2D eigenvalue weighted by molar-refractivity contribution is -0.175. The van der Waals surface area contributed by atoms with Crippen LogP contribution in [0.3, 0.4) is 0 Å². The average molecular weight is 344 g/mol. The molecular formula is C13H11F3N4O4. The molecule has 0 aliphatic carbocycles. The van der Waals surface area contributed by atoms with Crippen LogP contribution in [0.25, 0.3) is 5.78 Å². The van der Waals surface area contributed by atoms with Gasteiger partial charge in [-0.25, -0.2) is 14.8 Å². The van der Waals surface area contributed by atoms with Crippen LogP contribution in [0.5, 0.6) is 0 Å². The van der Waals surface area contributed by atoms with E-state index in [1.54, 1.807) is 0 Å². The van der Waals surface area contributed by atoms with Crippen molar-refractivity contribution in [1.82, 2.24) is 19.7 Å². The van der Waals surface area contributed by atoms with Crippen molar-refractivity contribution in [2.45, 2.75) is 18.6 Å². The fourth-order valence-electron chi connectivity index (χ4n) is 1.90. The lowest BCUT2D eigenvalue weighted by Crippen LogP contribution is -2.48. The second-order valence-corrected chi connectivity index (χ2v) is 4.61. The van der Waals surface area contributed by atoms with Crippen LogP contribution in [0.15, 0.2) is 24.7 Å². The van der Waals surface area contributed by atoms with Gasteiger partial charge < -0.3 is 10.1 Å². The number of fused-ring (bicyclic) bond motifs is 1. The number of Topliss-reactive ketones (excluding diaryl/α,β-unsaturated/α-hetero) is 1. The number of carbonyl (C=O) groups is 3. The largest absolute Gasteiger partial charge is 0.471 e. The third-order valence-electron chi connectivity index (χ3n) is 3.01. The minimum absolute atomic E-state index is 0.00765. The number of halogens is 3. The fourth-order valence-corrected chi connectivity index (χ4v) is 1.90. The van der Waals surface area contributed by atoms with Crippen molar-refractivity contribution in [1.29, 1.82) is 0 Å². The first kappa shape index (κ1) is 17.4. The molecule has 1 amide bonds. The number of esters is 1. The molecule has 0 aliphatic heterocycles. The minimum atomic E-state index is -5.19. The molecule has 0 radical (unpaired) electrons. The number of hydrogen-bond donors (Lipinski definition) is 1. The first-order valence-corrected chi connectivity index (χ1v) is 6.51. The van der Waals surface area contributed by atoms with Gasteiger partial charge >= 0.3 is 18.1 Å². The molecule has 128 valence electrons. The van der Waals surface area contributed by atoms with E-state index in [1.807, 2.05) is 0 Å². The highest BCUT2D eigenvalue weighted by Gasteiger charge is 2.41. The molecular weight excluding hydrogens is 333 g/mol. The van der Waals surface area contributed by atoms with Crippen molar-refractivity contribution in [2.24, 2.45) is 0 Å². The molecule has 24 heavy (non-hydrogen) atoms. The highest BCUT2D eigenvalue weighted by Crippen LogP contribution is 2.16. The Morgan fingerprint density at radius 3 is 2.67 bits per heavy atom. The van der Waals surface area contributed by atoms with Gasteiger partial charge in [0, 0.05) is 18.8 Å². The Morgan fingerprint density at radius 2 is 2.04 bits per heavy atom. The Hall–Kier alpha value is -2.98. The summed E-state index contributed by atoms with van der Waals surface area (Å²) in [6.45, 7) is 0. The molecule has 8 nitrogen and oxygen atoms in total. The summed E-state index contributed by atoms with van der Waals surface area (Å²) in [6, 6.07) is -0.256. The first-order valence-electron chi connectivity index (χ1n) is 6.51. The van der Waals surface area contributed by atoms with Crippen LogP contribution in [0, 0.1) is 0 Å². The van der Waals surface area contributed by atoms with Gasteiger partial charge in [-0.1, -0.05) is 0 Å². The number of amides is 1. The topological polar surface area (TPSA) is 103 Å². The van der Waals surface area contributed by atoms with E-state index >= 15 is 0 Å². The van der Waals surface area contributed by atoms with Crippen LogP contribution in [-0.2, 0) is 14.3 Å². The molecule has 0 aromatic carbocycles. The molecule has 1 atom stereocenters. The summed E-state index contributed by atoms with van der Waals surface area (Å²) in [5.41, 5.74) is 0.00765. The van der Waals surface area contributed by atoms with Crippen molar-refractivity contribution in [3.05, 3.63) is 30.4 Å². The second kappa shape index (κ2) is 6.64. The third kappa shape index (κ3) is 3.67. The summed E-state index contributed by atoms with van der Waals surface area (Å²) in [4.78, 5) is 42.5. The zero-order valence-corrected chi connectivity index (χ0v) is 12.2. The van der Waals surface area contributed by atoms with Gasteiger partial charge in [-0.05, 0) is 6.07 Å². The summed E-state index contributed by atoms with van der Waals surface area (Å²) in [5.74, 6) is -4.03. The fraction of sp³-hybridized carbons (Fsp3) is 0.308. The van der Waals surface area contributed by atoms with Crippen molar-refractivity contribution in [2.75, 3.05) is 7.11 Å². The zero-order valence-electron chi connectivity index (χ0n) is 12.2. The van der Waals surface area contributed by atoms with Crippen LogP contribution in [0.1, 0.15) is 16.9 Å². The Morgan fingerprint density at radius 1 is 1.33 bits per heavy atom. The van der Waals surface area contributed by atoms with E-state index in [1.165, 1.54) is 34.4 Å². The summed E-state index contributed by atoms with van der Waals surface area (Å²) in [6.07, 6.45) is -1.83. The normalized spacial score (nSPS) is 12.7. The number of methoxy groups -OCH3 is 1. The molecule has 0 aliphatic rings. The Kier molecular flexibility index (Phi) is 4.81. The monoisotopic (exact) mass is 344 g/mol. The lowest BCUT2D eigenvalue weighted by atomic mass is 10.1. The maximum Gasteiger partial charge on any atom is 0.471 e. The number of rotatable bonds is 5. The van der Waals surface area contributed by atoms with Crippen LogP contribution in [0.4, 0.5) is 13.2 Å². The average Bonchev–Trinajstić information content (AvgIpc) is 2.96. The van der Waals surface area contributed by atoms with Gasteiger partial charge in [-0.15, -0.1) is 0 Å². The molecule has 1 N–H and O–H groups in total. The molecule has 2 rings (SSSR count). The maximum atomic E-state index is 12.3. The second-order valence-electron chi connectivity index (χ2n) is 4.61. The number of nitrogens with zero attached hydrogens (tertiary/aromatic N) is 3. The van der Waals surface area contributed by atoms with E-state index in [2.05, 4.69) is 14.7 Å². The molecule has 0 bridgehead atoms. The molecule has 2 aromatic rings. The quantitative estimate of drug-likeness (QED) is 0.627. The standard InChI is InChI=1S/C13H11F3N4O4/c1-24-10(22)7(19-11(23)13(14,15)16)5-9(21)8-6-18-12-17-3-2-4-20(8)12/h2-4,6-7H,5H2,1H3,(H,19,23)/t7-/m0/s1. The predicted molar refractivity (Wildman–Crippen MR) is 71.9 cm³/mol. The SMILES string of the molecule is COC(=O)[C@H](CC(=O)c1cnc2ncccn12)NC(=O)C(F)(F)F. The number of ketones is 1. The highest BCUT2D eigenvalue weighted by atomic mass is 19.4. The van der Waals surface area contributed by atoms with Gasteiger partial charge in [0.05, 0.1) is 13.3 Å². The first-order chi connectivity index (χ1) is 11.2. The molecule has 0 saturated carbocycles. The molecule has 0 saturated heterocycles. The smallest absolute Gasteiger partial charge is 0.467 e. The van der Waals surface area contributed by atoms with Gasteiger partial charge in [-0.3, -0.25) is 14.0 Å². The van der Waals surface area contributed by atoms with Crippen molar-refractivity contribution in [3.8, 4) is 0 Å². The predicted octanol–water partition coefficient (Wildman–Crippen LogP) is 0.522. The van der Waals surface area contributed by atoms with Crippen LogP contribution < -0.4 is 5.32 Å². The van der Waals surface area contributed by atoms with E-state index in [-0.39, 0.29) is 11.5 Å². The van der Waals surface area contributed by atoms with Crippen LogP contribution >= 0.6 is 0 Å². The number of ether oxygens (including phenoxy) is 1. The van der Waals surface area contributed by atoms with Gasteiger partial charge in [0.25, 0.3) is 0 Å². The molecule has 0 fully saturated rings. The van der Waals surface area contributed by atoms with Crippen molar-refractivity contribution in [3.63, 3.8) is 0 Å².